The van der Waals surface area contributed by atoms with Crippen LogP contribution in [0.15, 0.2) is 18.2 Å². The van der Waals surface area contributed by atoms with E-state index in [1.54, 1.807) is 20.8 Å². The molecule has 0 aliphatic heterocycles. The summed E-state index contributed by atoms with van der Waals surface area (Å²) in [6.07, 6.45) is 0. The molecule has 0 aliphatic carbocycles. The molecule has 0 fully saturated rings. The van der Waals surface area contributed by atoms with Gasteiger partial charge in [-0.15, -0.1) is 0 Å². The van der Waals surface area contributed by atoms with Crippen LogP contribution in [-0.2, 0) is 4.79 Å². The van der Waals surface area contributed by atoms with Crippen molar-refractivity contribution >= 4 is 23.3 Å². The third-order valence-corrected chi connectivity index (χ3v) is 2.77. The van der Waals surface area contributed by atoms with Crippen molar-refractivity contribution in [3.05, 3.63) is 28.8 Å². The Morgan fingerprint density at radius 3 is 2.50 bits per heavy atom. The molecule has 1 aromatic carbocycles. The van der Waals surface area contributed by atoms with Crippen LogP contribution in [0.1, 0.15) is 31.1 Å². The molecule has 0 aromatic heterocycles. The number of rotatable bonds is 3. The monoisotopic (exact) mass is 269 g/mol. The maximum absolute atomic E-state index is 11.8. The van der Waals surface area contributed by atoms with Gasteiger partial charge in [0.15, 0.2) is 5.78 Å². The lowest BCUT2D eigenvalue weighted by Gasteiger charge is -2.16. The number of phenols is 1. The lowest BCUT2D eigenvalue weighted by molar-refractivity contribution is -0.125. The molecule has 0 saturated heterocycles. The van der Waals surface area contributed by atoms with Crippen molar-refractivity contribution in [1.29, 1.82) is 0 Å². The van der Waals surface area contributed by atoms with Gasteiger partial charge in [0.05, 0.1) is 17.1 Å². The lowest BCUT2D eigenvalue weighted by Crippen LogP contribution is -2.35. The van der Waals surface area contributed by atoms with Gasteiger partial charge in [0, 0.05) is 5.41 Å². The average molecular weight is 270 g/mol. The van der Waals surface area contributed by atoms with E-state index in [1.165, 1.54) is 18.2 Å². The Kier molecular flexibility index (Phi) is 4.35. The quantitative estimate of drug-likeness (QED) is 0.885. The fourth-order valence-corrected chi connectivity index (χ4v) is 1.41. The second kappa shape index (κ2) is 5.40. The van der Waals surface area contributed by atoms with Gasteiger partial charge in [-0.3, -0.25) is 9.59 Å². The number of aromatic hydroxyl groups is 1. The van der Waals surface area contributed by atoms with Crippen molar-refractivity contribution in [1.82, 2.24) is 5.32 Å². The zero-order valence-corrected chi connectivity index (χ0v) is 11.3. The number of phenolic OH excluding ortho intramolecular Hbond substituents is 1. The van der Waals surface area contributed by atoms with E-state index in [2.05, 4.69) is 5.32 Å². The highest BCUT2D eigenvalue weighted by atomic mass is 35.5. The largest absolute Gasteiger partial charge is 0.508 e. The minimum absolute atomic E-state index is 0.0494. The highest BCUT2D eigenvalue weighted by Crippen LogP contribution is 2.21. The number of hydrogen-bond acceptors (Lipinski definition) is 3. The molecule has 98 valence electrons. The fourth-order valence-electron chi connectivity index (χ4n) is 1.21. The van der Waals surface area contributed by atoms with Gasteiger partial charge >= 0.3 is 0 Å². The molecule has 1 rings (SSSR count). The molecule has 0 unspecified atom stereocenters. The molecule has 0 bridgehead atoms. The van der Waals surface area contributed by atoms with E-state index in [-0.39, 0.29) is 28.7 Å². The Labute approximate surface area is 111 Å². The van der Waals surface area contributed by atoms with Gasteiger partial charge < -0.3 is 10.4 Å². The van der Waals surface area contributed by atoms with Crippen molar-refractivity contribution < 1.29 is 14.7 Å². The summed E-state index contributed by atoms with van der Waals surface area (Å²) in [6.45, 7) is 5.28. The van der Waals surface area contributed by atoms with Crippen LogP contribution < -0.4 is 5.32 Å². The van der Waals surface area contributed by atoms with E-state index >= 15 is 0 Å². The van der Waals surface area contributed by atoms with E-state index < -0.39 is 11.3 Å². The van der Waals surface area contributed by atoms with Crippen molar-refractivity contribution in [2.45, 2.75) is 20.8 Å². The Balaban J connectivity index is 2.72. The summed E-state index contributed by atoms with van der Waals surface area (Å²) in [7, 11) is 0. The summed E-state index contributed by atoms with van der Waals surface area (Å²) >= 11 is 5.84. The summed E-state index contributed by atoms with van der Waals surface area (Å²) in [6, 6.07) is 4.08. The molecule has 4 nitrogen and oxygen atoms in total. The van der Waals surface area contributed by atoms with Crippen LogP contribution in [0.3, 0.4) is 0 Å². The van der Waals surface area contributed by atoms with Crippen LogP contribution in [0.5, 0.6) is 5.75 Å². The zero-order chi connectivity index (χ0) is 13.9. The number of carbonyl (C=O) groups excluding carboxylic acids is 2. The van der Waals surface area contributed by atoms with Crippen molar-refractivity contribution in [3.8, 4) is 5.75 Å². The first-order valence-electron chi connectivity index (χ1n) is 5.52. The number of ketones is 1. The van der Waals surface area contributed by atoms with Gasteiger partial charge in [-0.05, 0) is 18.2 Å². The van der Waals surface area contributed by atoms with E-state index in [1.807, 2.05) is 0 Å². The maximum atomic E-state index is 11.8. The van der Waals surface area contributed by atoms with Crippen molar-refractivity contribution in [2.75, 3.05) is 6.54 Å². The molecular formula is C13H16ClNO3. The summed E-state index contributed by atoms with van der Waals surface area (Å²) in [5.74, 6) is -0.604. The van der Waals surface area contributed by atoms with Gasteiger partial charge in [-0.2, -0.15) is 0 Å². The third-order valence-electron chi connectivity index (χ3n) is 2.44. The van der Waals surface area contributed by atoms with E-state index in [0.29, 0.717) is 0 Å². The molecule has 2 N–H and O–H groups in total. The molecule has 1 aromatic rings. The Bertz CT molecular complexity index is 478. The van der Waals surface area contributed by atoms with Gasteiger partial charge in [-0.25, -0.2) is 0 Å². The predicted molar refractivity (Wildman–Crippen MR) is 69.9 cm³/mol. The number of nitrogens with one attached hydrogen (secondary N) is 1. The normalized spacial score (nSPS) is 11.1. The summed E-state index contributed by atoms with van der Waals surface area (Å²) in [4.78, 5) is 23.4. The minimum atomic E-state index is -0.504. The first-order chi connectivity index (χ1) is 8.21. The van der Waals surface area contributed by atoms with Crippen LogP contribution in [-0.4, -0.2) is 23.3 Å². The SMILES string of the molecule is CC(C)(C)C(=O)CNC(=O)c1cc(O)ccc1Cl. The van der Waals surface area contributed by atoms with Crippen LogP contribution in [0.25, 0.3) is 0 Å². The minimum Gasteiger partial charge on any atom is -0.508 e. The third kappa shape index (κ3) is 3.74. The van der Waals surface area contributed by atoms with Crippen molar-refractivity contribution in [3.63, 3.8) is 0 Å². The van der Waals surface area contributed by atoms with Crippen LogP contribution >= 0.6 is 11.6 Å². The molecule has 18 heavy (non-hydrogen) atoms. The molecule has 0 heterocycles. The first kappa shape index (κ1) is 14.5. The number of carbonyl (C=O) groups is 2. The summed E-state index contributed by atoms with van der Waals surface area (Å²) in [5, 5.41) is 12.0. The molecule has 5 heteroatoms. The van der Waals surface area contributed by atoms with Crippen LogP contribution in [0.2, 0.25) is 5.02 Å². The molecule has 1 amide bonds. The topological polar surface area (TPSA) is 66.4 Å². The predicted octanol–water partition coefficient (Wildman–Crippen LogP) is 2.39. The second-order valence-electron chi connectivity index (χ2n) is 5.02. The number of hydrogen-bond donors (Lipinski definition) is 2. The number of benzene rings is 1. The van der Waals surface area contributed by atoms with Gasteiger partial charge in [0.1, 0.15) is 5.75 Å². The highest BCUT2D eigenvalue weighted by Gasteiger charge is 2.22. The Morgan fingerprint density at radius 2 is 1.94 bits per heavy atom. The van der Waals surface area contributed by atoms with Crippen LogP contribution in [0.4, 0.5) is 0 Å². The molecule has 0 saturated carbocycles. The molecule has 0 spiro atoms. The maximum Gasteiger partial charge on any atom is 0.253 e. The fraction of sp³-hybridized carbons (Fsp3) is 0.385. The van der Waals surface area contributed by atoms with Gasteiger partial charge in [-0.1, -0.05) is 32.4 Å². The summed E-state index contributed by atoms with van der Waals surface area (Å²) in [5.41, 5.74) is -0.353. The number of amides is 1. The van der Waals surface area contributed by atoms with E-state index in [9.17, 15) is 14.7 Å². The number of halogens is 1. The lowest BCUT2D eigenvalue weighted by atomic mass is 9.91. The Morgan fingerprint density at radius 1 is 1.33 bits per heavy atom. The highest BCUT2D eigenvalue weighted by molar-refractivity contribution is 6.33. The van der Waals surface area contributed by atoms with Gasteiger partial charge in [0.2, 0.25) is 0 Å². The molecule has 0 atom stereocenters. The van der Waals surface area contributed by atoms with Crippen LogP contribution in [0, 0.1) is 5.41 Å². The summed E-state index contributed by atoms with van der Waals surface area (Å²) < 4.78 is 0. The first-order valence-corrected chi connectivity index (χ1v) is 5.89. The standard InChI is InChI=1S/C13H16ClNO3/c1-13(2,3)11(17)7-15-12(18)9-6-8(16)4-5-10(9)14/h4-6,16H,7H2,1-3H3,(H,15,18). The molecular weight excluding hydrogens is 254 g/mol. The Hall–Kier alpha value is -1.55. The van der Waals surface area contributed by atoms with E-state index in [0.717, 1.165) is 0 Å². The second-order valence-corrected chi connectivity index (χ2v) is 5.43. The average Bonchev–Trinajstić information content (AvgIpc) is 2.27. The molecule has 0 radical (unpaired) electrons. The van der Waals surface area contributed by atoms with Gasteiger partial charge in [0.25, 0.3) is 5.91 Å². The van der Waals surface area contributed by atoms with E-state index in [4.69, 9.17) is 11.6 Å². The number of Topliss-reactive ketones (excluding diaryl/α,β-unsaturated/α-hetero) is 1. The smallest absolute Gasteiger partial charge is 0.253 e. The molecule has 0 aliphatic rings. The van der Waals surface area contributed by atoms with Crippen molar-refractivity contribution in [2.24, 2.45) is 5.41 Å². The zero-order valence-electron chi connectivity index (χ0n) is 10.6.